The Hall–Kier alpha value is -4.68. The first kappa shape index (κ1) is 26.9. The number of hydrogen-bond donors (Lipinski definition) is 2. The lowest BCUT2D eigenvalue weighted by atomic mass is 10.2. The Balaban J connectivity index is 1.29. The Kier molecular flexibility index (Phi) is 7.54. The van der Waals surface area contributed by atoms with Crippen molar-refractivity contribution in [1.29, 1.82) is 0 Å². The van der Waals surface area contributed by atoms with Crippen LogP contribution in [-0.4, -0.2) is 28.7 Å². The van der Waals surface area contributed by atoms with E-state index in [1.54, 1.807) is 48.3 Å². The predicted molar refractivity (Wildman–Crippen MR) is 154 cm³/mol. The van der Waals surface area contributed by atoms with Crippen molar-refractivity contribution in [3.8, 4) is 5.69 Å². The van der Waals surface area contributed by atoms with Crippen LogP contribution in [0.3, 0.4) is 0 Å². The van der Waals surface area contributed by atoms with Crippen LogP contribution in [0.25, 0.3) is 5.69 Å². The van der Waals surface area contributed by atoms with Gasteiger partial charge in [-0.25, -0.2) is 22.9 Å². The van der Waals surface area contributed by atoms with Crippen LogP contribution in [0.2, 0.25) is 0 Å². The lowest BCUT2D eigenvalue weighted by Gasteiger charge is -2.09. The van der Waals surface area contributed by atoms with Crippen molar-refractivity contribution >= 4 is 43.8 Å². The average molecular weight is 576 g/mol. The van der Waals surface area contributed by atoms with Gasteiger partial charge in [-0.2, -0.15) is 0 Å². The highest BCUT2D eigenvalue weighted by Crippen LogP contribution is 2.22. The van der Waals surface area contributed by atoms with Crippen molar-refractivity contribution < 1.29 is 17.9 Å². The van der Waals surface area contributed by atoms with E-state index in [1.165, 1.54) is 40.3 Å². The summed E-state index contributed by atoms with van der Waals surface area (Å²) >= 11 is 1.37. The number of sulfonamides is 1. The largest absolute Gasteiger partial charge is 0.456 e. The number of anilines is 3. The van der Waals surface area contributed by atoms with Gasteiger partial charge in [-0.1, -0.05) is 42.5 Å². The van der Waals surface area contributed by atoms with Gasteiger partial charge in [-0.15, -0.1) is 11.3 Å². The first-order valence-corrected chi connectivity index (χ1v) is 14.5. The highest BCUT2D eigenvalue weighted by atomic mass is 32.2. The van der Waals surface area contributed by atoms with Gasteiger partial charge in [0.1, 0.15) is 12.3 Å². The third kappa shape index (κ3) is 5.67. The van der Waals surface area contributed by atoms with Crippen molar-refractivity contribution in [2.45, 2.75) is 18.4 Å². The quantitative estimate of drug-likeness (QED) is 0.241. The molecule has 5 rings (SSSR count). The van der Waals surface area contributed by atoms with Gasteiger partial charge in [0.2, 0.25) is 0 Å². The van der Waals surface area contributed by atoms with Gasteiger partial charge in [0, 0.05) is 18.1 Å². The molecule has 0 spiro atoms. The Morgan fingerprint density at radius 3 is 2.42 bits per heavy atom. The molecule has 0 saturated heterocycles. The standard InChI is InChI=1S/C28H25N5O5S2/c1-19-25(26(34)33(32(19)2)23-13-7-4-8-14-23)31-40(36,37)24-15-9-10-20(16-24)27(35)38-17-22-18-39-28(30-22)29-21-11-5-3-6-12-21/h3-16,18,31H,17H2,1-2H3,(H,29,30). The van der Waals surface area contributed by atoms with Crippen molar-refractivity contribution in [2.24, 2.45) is 7.05 Å². The maximum absolute atomic E-state index is 13.2. The van der Waals surface area contributed by atoms with Crippen molar-refractivity contribution in [3.05, 3.63) is 118 Å². The molecular formula is C28H25N5O5S2. The molecule has 0 fully saturated rings. The van der Waals surface area contributed by atoms with E-state index in [9.17, 15) is 18.0 Å². The minimum Gasteiger partial charge on any atom is -0.456 e. The molecule has 0 unspecified atom stereocenters. The summed E-state index contributed by atoms with van der Waals surface area (Å²) in [6.07, 6.45) is 0. The first-order chi connectivity index (χ1) is 19.2. The number of benzene rings is 3. The molecule has 0 aliphatic heterocycles. The number of hydrogen-bond acceptors (Lipinski definition) is 8. The van der Waals surface area contributed by atoms with Crippen LogP contribution >= 0.6 is 11.3 Å². The van der Waals surface area contributed by atoms with E-state index in [4.69, 9.17) is 4.74 Å². The van der Waals surface area contributed by atoms with Crippen LogP contribution in [0, 0.1) is 6.92 Å². The number of nitrogens with zero attached hydrogens (tertiary/aromatic N) is 3. The molecule has 5 aromatic rings. The Labute approximate surface area is 234 Å². The smallest absolute Gasteiger partial charge is 0.338 e. The zero-order chi connectivity index (χ0) is 28.3. The summed E-state index contributed by atoms with van der Waals surface area (Å²) in [4.78, 5) is 30.1. The molecule has 0 aliphatic rings. The summed E-state index contributed by atoms with van der Waals surface area (Å²) in [6.45, 7) is 1.56. The van der Waals surface area contributed by atoms with E-state index in [-0.39, 0.29) is 22.8 Å². The van der Waals surface area contributed by atoms with Gasteiger partial charge in [0.25, 0.3) is 15.6 Å². The maximum atomic E-state index is 13.2. The average Bonchev–Trinajstić information content (AvgIpc) is 3.50. The molecular weight excluding hydrogens is 550 g/mol. The molecule has 0 amide bonds. The van der Waals surface area contributed by atoms with Crippen LogP contribution in [0.1, 0.15) is 21.7 Å². The van der Waals surface area contributed by atoms with Gasteiger partial charge in [-0.3, -0.25) is 14.2 Å². The number of esters is 1. The van der Waals surface area contributed by atoms with E-state index in [0.717, 1.165) is 5.69 Å². The minimum atomic E-state index is -4.20. The molecule has 0 saturated carbocycles. The second-order valence-electron chi connectivity index (χ2n) is 8.78. The Morgan fingerprint density at radius 2 is 1.70 bits per heavy atom. The fourth-order valence-electron chi connectivity index (χ4n) is 3.97. The Bertz CT molecular complexity index is 1830. The number of rotatable bonds is 9. The molecule has 40 heavy (non-hydrogen) atoms. The van der Waals surface area contributed by atoms with Crippen molar-refractivity contribution in [2.75, 3.05) is 10.0 Å². The number of carbonyl (C=O) groups excluding carboxylic acids is 1. The third-order valence-electron chi connectivity index (χ3n) is 6.10. The van der Waals surface area contributed by atoms with E-state index >= 15 is 0 Å². The first-order valence-electron chi connectivity index (χ1n) is 12.1. The predicted octanol–water partition coefficient (Wildman–Crippen LogP) is 4.84. The molecule has 2 aromatic heterocycles. The topological polar surface area (TPSA) is 124 Å². The van der Waals surface area contributed by atoms with Gasteiger partial charge in [0.05, 0.1) is 27.5 Å². The molecule has 10 nitrogen and oxygen atoms in total. The zero-order valence-corrected chi connectivity index (χ0v) is 23.2. The zero-order valence-electron chi connectivity index (χ0n) is 21.6. The number of thiazole rings is 1. The van der Waals surface area contributed by atoms with E-state index in [2.05, 4.69) is 15.0 Å². The maximum Gasteiger partial charge on any atom is 0.338 e. The summed E-state index contributed by atoms with van der Waals surface area (Å²) in [5.74, 6) is -0.704. The molecule has 0 radical (unpaired) electrons. The van der Waals surface area contributed by atoms with Crippen LogP contribution < -0.4 is 15.6 Å². The second-order valence-corrected chi connectivity index (χ2v) is 11.3. The fraction of sp³-hybridized carbons (Fsp3) is 0.107. The van der Waals surface area contributed by atoms with Crippen LogP contribution in [0.5, 0.6) is 0 Å². The molecule has 2 heterocycles. The summed E-state index contributed by atoms with van der Waals surface area (Å²) < 4.78 is 37.2. The number of para-hydroxylation sites is 2. The molecule has 3 aromatic carbocycles. The molecule has 2 N–H and O–H groups in total. The van der Waals surface area contributed by atoms with Crippen LogP contribution in [0.4, 0.5) is 16.5 Å². The minimum absolute atomic E-state index is 0.0484. The normalized spacial score (nSPS) is 11.2. The highest BCUT2D eigenvalue weighted by Gasteiger charge is 2.23. The van der Waals surface area contributed by atoms with E-state index in [0.29, 0.717) is 22.2 Å². The van der Waals surface area contributed by atoms with E-state index in [1.807, 2.05) is 36.4 Å². The molecule has 0 atom stereocenters. The second kappa shape index (κ2) is 11.2. The fourth-order valence-corrected chi connectivity index (χ4v) is 5.84. The summed E-state index contributed by atoms with van der Waals surface area (Å²) in [5, 5.41) is 5.60. The molecule has 0 aliphatic carbocycles. The summed E-state index contributed by atoms with van der Waals surface area (Å²) in [5.41, 5.74) is 1.91. The monoisotopic (exact) mass is 575 g/mol. The van der Waals surface area contributed by atoms with Gasteiger partial charge in [-0.05, 0) is 49.4 Å². The lowest BCUT2D eigenvalue weighted by Crippen LogP contribution is -2.23. The molecule has 12 heteroatoms. The van der Waals surface area contributed by atoms with Crippen molar-refractivity contribution in [3.63, 3.8) is 0 Å². The van der Waals surface area contributed by atoms with Gasteiger partial charge in [0.15, 0.2) is 5.13 Å². The SMILES string of the molecule is Cc1c(NS(=O)(=O)c2cccc(C(=O)OCc3csc(Nc4ccccc4)n3)c2)c(=O)n(-c2ccccc2)n1C. The molecule has 0 bridgehead atoms. The number of carbonyl (C=O) groups is 1. The third-order valence-corrected chi connectivity index (χ3v) is 8.25. The number of nitrogens with one attached hydrogen (secondary N) is 2. The number of ether oxygens (including phenoxy) is 1. The van der Waals surface area contributed by atoms with Crippen LogP contribution in [0.15, 0.2) is 100.0 Å². The van der Waals surface area contributed by atoms with E-state index < -0.39 is 21.6 Å². The van der Waals surface area contributed by atoms with Crippen molar-refractivity contribution in [1.82, 2.24) is 14.3 Å². The summed E-state index contributed by atoms with van der Waals surface area (Å²) in [7, 11) is -2.53. The number of aromatic nitrogens is 3. The Morgan fingerprint density at radius 1 is 1.00 bits per heavy atom. The van der Waals surface area contributed by atoms with Crippen LogP contribution in [-0.2, 0) is 28.4 Å². The highest BCUT2D eigenvalue weighted by molar-refractivity contribution is 7.92. The van der Waals surface area contributed by atoms with Gasteiger partial charge >= 0.3 is 5.97 Å². The lowest BCUT2D eigenvalue weighted by molar-refractivity contribution is 0.0468. The summed E-state index contributed by atoms with van der Waals surface area (Å²) in [6, 6.07) is 23.9. The van der Waals surface area contributed by atoms with Gasteiger partial charge < -0.3 is 10.1 Å². The molecule has 204 valence electrons.